The lowest BCUT2D eigenvalue weighted by molar-refractivity contribution is -0.132. The second-order valence-corrected chi connectivity index (χ2v) is 10.8. The van der Waals surface area contributed by atoms with Gasteiger partial charge in [-0.2, -0.15) is 0 Å². The van der Waals surface area contributed by atoms with Gasteiger partial charge in [0, 0.05) is 26.1 Å². The number of rotatable bonds is 9. The number of hydrogen-bond acceptors (Lipinski definition) is 3. The lowest BCUT2D eigenvalue weighted by Crippen LogP contribution is -2.38. The van der Waals surface area contributed by atoms with Crippen LogP contribution in [0.15, 0.2) is 24.3 Å². The van der Waals surface area contributed by atoms with E-state index in [2.05, 4.69) is 33.9 Å². The van der Waals surface area contributed by atoms with E-state index in [1.807, 2.05) is 0 Å². The molecule has 0 aromatic heterocycles. The van der Waals surface area contributed by atoms with Crippen molar-refractivity contribution in [3.63, 3.8) is 0 Å². The third-order valence-corrected chi connectivity index (χ3v) is 7.26. The summed E-state index contributed by atoms with van der Waals surface area (Å²) in [6, 6.07) is 8.52. The van der Waals surface area contributed by atoms with Gasteiger partial charge in [-0.15, -0.1) is 0 Å². The number of likely N-dealkylation sites (tertiary alicyclic amines) is 1. The number of nitrogens with one attached hydrogen (secondary N) is 1. The van der Waals surface area contributed by atoms with E-state index >= 15 is 0 Å². The van der Waals surface area contributed by atoms with Crippen molar-refractivity contribution in [1.82, 2.24) is 9.62 Å². The molecule has 1 aromatic carbocycles. The summed E-state index contributed by atoms with van der Waals surface area (Å²) in [5.41, 5.74) is 2.48. The first-order valence-electron chi connectivity index (χ1n) is 11.2. The maximum atomic E-state index is 12.5. The monoisotopic (exact) mass is 420 g/mol. The molecule has 1 aliphatic carbocycles. The van der Waals surface area contributed by atoms with Crippen molar-refractivity contribution < 1.29 is 13.2 Å². The van der Waals surface area contributed by atoms with Crippen molar-refractivity contribution in [2.45, 2.75) is 64.2 Å². The normalized spacial score (nSPS) is 19.0. The summed E-state index contributed by atoms with van der Waals surface area (Å²) in [6.07, 6.45) is 12.3. The Morgan fingerprint density at radius 3 is 2.24 bits per heavy atom. The van der Waals surface area contributed by atoms with Crippen LogP contribution >= 0.6 is 0 Å². The molecule has 1 aliphatic heterocycles. The average Bonchev–Trinajstić information content (AvgIpc) is 3.21. The van der Waals surface area contributed by atoms with Gasteiger partial charge in [0.25, 0.3) is 0 Å². The Balaban J connectivity index is 1.36. The number of amides is 1. The highest BCUT2D eigenvalue weighted by Crippen LogP contribution is 2.29. The highest BCUT2D eigenvalue weighted by Gasteiger charge is 2.24. The Morgan fingerprint density at radius 2 is 1.62 bits per heavy atom. The number of benzene rings is 1. The van der Waals surface area contributed by atoms with Gasteiger partial charge >= 0.3 is 0 Å². The molecule has 0 unspecified atom stereocenters. The van der Waals surface area contributed by atoms with Crippen LogP contribution in [0.1, 0.15) is 62.5 Å². The predicted octanol–water partition coefficient (Wildman–Crippen LogP) is 3.53. The van der Waals surface area contributed by atoms with Crippen molar-refractivity contribution in [3.05, 3.63) is 35.4 Å². The summed E-state index contributed by atoms with van der Waals surface area (Å²) >= 11 is 0. The minimum atomic E-state index is -3.12. The van der Waals surface area contributed by atoms with Crippen LogP contribution in [0.2, 0.25) is 0 Å². The van der Waals surface area contributed by atoms with Crippen LogP contribution in [0.25, 0.3) is 0 Å². The zero-order valence-corrected chi connectivity index (χ0v) is 18.6. The third-order valence-electron chi connectivity index (χ3n) is 6.53. The first-order chi connectivity index (χ1) is 13.9. The molecule has 0 atom stereocenters. The fourth-order valence-electron chi connectivity index (χ4n) is 4.73. The summed E-state index contributed by atoms with van der Waals surface area (Å²) < 4.78 is 24.8. The molecule has 1 saturated carbocycles. The molecular formula is C23H36N2O3S. The molecule has 6 heteroatoms. The van der Waals surface area contributed by atoms with Crippen LogP contribution in [0.4, 0.5) is 0 Å². The lowest BCUT2D eigenvalue weighted by atomic mass is 9.89. The summed E-state index contributed by atoms with van der Waals surface area (Å²) in [4.78, 5) is 14.6. The molecular weight excluding hydrogens is 384 g/mol. The fourth-order valence-corrected chi connectivity index (χ4v) is 5.20. The highest BCUT2D eigenvalue weighted by atomic mass is 32.2. The van der Waals surface area contributed by atoms with Gasteiger partial charge in [-0.25, -0.2) is 13.1 Å². The van der Waals surface area contributed by atoms with Crippen molar-refractivity contribution in [3.8, 4) is 0 Å². The molecule has 29 heavy (non-hydrogen) atoms. The zero-order valence-electron chi connectivity index (χ0n) is 17.7. The quantitative estimate of drug-likeness (QED) is 0.665. The van der Waals surface area contributed by atoms with Gasteiger partial charge < -0.3 is 4.90 Å². The van der Waals surface area contributed by atoms with E-state index in [4.69, 9.17) is 0 Å². The van der Waals surface area contributed by atoms with Crippen molar-refractivity contribution in [2.24, 2.45) is 11.8 Å². The van der Waals surface area contributed by atoms with E-state index < -0.39 is 10.0 Å². The number of sulfonamides is 1. The summed E-state index contributed by atoms with van der Waals surface area (Å²) in [5, 5.41) is 0. The molecule has 5 nitrogen and oxygen atoms in total. The predicted molar refractivity (Wildman–Crippen MR) is 117 cm³/mol. The first-order valence-corrected chi connectivity index (χ1v) is 13.1. The minimum absolute atomic E-state index is 0.363. The van der Waals surface area contributed by atoms with E-state index in [0.29, 0.717) is 24.8 Å². The van der Waals surface area contributed by atoms with E-state index in [9.17, 15) is 13.2 Å². The molecule has 2 aliphatic rings. The third kappa shape index (κ3) is 7.74. The molecule has 1 heterocycles. The van der Waals surface area contributed by atoms with Crippen LogP contribution in [0, 0.1) is 11.8 Å². The molecule has 1 aromatic rings. The van der Waals surface area contributed by atoms with E-state index in [-0.39, 0.29) is 0 Å². The van der Waals surface area contributed by atoms with Crippen LogP contribution in [0.5, 0.6) is 0 Å². The largest absolute Gasteiger partial charge is 0.343 e. The topological polar surface area (TPSA) is 66.5 Å². The van der Waals surface area contributed by atoms with E-state index in [1.165, 1.54) is 37.5 Å². The summed E-state index contributed by atoms with van der Waals surface area (Å²) in [6.45, 7) is 2.25. The SMILES string of the molecule is CS(=O)(=O)NCCc1ccc(CC2CCN(C(=O)CCC3CCCC3)CC2)cc1. The van der Waals surface area contributed by atoms with Crippen LogP contribution in [-0.4, -0.2) is 45.1 Å². The maximum Gasteiger partial charge on any atom is 0.222 e. The van der Waals surface area contributed by atoms with E-state index in [1.54, 1.807) is 0 Å². The second-order valence-electron chi connectivity index (χ2n) is 8.95. The van der Waals surface area contributed by atoms with E-state index in [0.717, 1.165) is 56.7 Å². The first kappa shape index (κ1) is 22.3. The second kappa shape index (κ2) is 10.6. The fraction of sp³-hybridized carbons (Fsp3) is 0.696. The Labute approximate surface area is 176 Å². The molecule has 1 amide bonds. The molecule has 2 fully saturated rings. The Kier molecular flexibility index (Phi) is 8.13. The van der Waals surface area contributed by atoms with Crippen molar-refractivity contribution in [2.75, 3.05) is 25.9 Å². The molecule has 1 saturated heterocycles. The number of piperidine rings is 1. The summed E-state index contributed by atoms with van der Waals surface area (Å²) in [7, 11) is -3.12. The molecule has 1 N–H and O–H groups in total. The van der Waals surface area contributed by atoms with Crippen LogP contribution in [-0.2, 0) is 27.7 Å². The zero-order chi connectivity index (χ0) is 20.7. The number of hydrogen-bond donors (Lipinski definition) is 1. The lowest BCUT2D eigenvalue weighted by Gasteiger charge is -2.32. The smallest absolute Gasteiger partial charge is 0.222 e. The van der Waals surface area contributed by atoms with Gasteiger partial charge in [-0.3, -0.25) is 4.79 Å². The average molecular weight is 421 g/mol. The highest BCUT2D eigenvalue weighted by molar-refractivity contribution is 7.88. The standard InChI is InChI=1S/C23H36N2O3S/c1-29(27,28)24-15-12-20-6-8-21(9-7-20)18-22-13-16-25(17-14-22)23(26)11-10-19-4-2-3-5-19/h6-9,19,22,24H,2-5,10-18H2,1H3. The van der Waals surface area contributed by atoms with Gasteiger partial charge in [0.05, 0.1) is 6.26 Å². The molecule has 3 rings (SSSR count). The minimum Gasteiger partial charge on any atom is -0.343 e. The van der Waals surface area contributed by atoms with Crippen LogP contribution < -0.4 is 4.72 Å². The van der Waals surface area contributed by atoms with Crippen LogP contribution in [0.3, 0.4) is 0 Å². The van der Waals surface area contributed by atoms with Gasteiger partial charge in [0.15, 0.2) is 0 Å². The molecule has 0 spiro atoms. The van der Waals surface area contributed by atoms with Gasteiger partial charge in [0.2, 0.25) is 15.9 Å². The number of nitrogens with zero attached hydrogens (tertiary/aromatic N) is 1. The van der Waals surface area contributed by atoms with Crippen molar-refractivity contribution >= 4 is 15.9 Å². The maximum absolute atomic E-state index is 12.5. The van der Waals surface area contributed by atoms with Gasteiger partial charge in [-0.05, 0) is 55.1 Å². The Hall–Kier alpha value is -1.40. The van der Waals surface area contributed by atoms with Crippen molar-refractivity contribution in [1.29, 1.82) is 0 Å². The Morgan fingerprint density at radius 1 is 1.00 bits per heavy atom. The molecule has 0 radical (unpaired) electrons. The van der Waals surface area contributed by atoms with Gasteiger partial charge in [0.1, 0.15) is 0 Å². The molecule has 0 bridgehead atoms. The molecule has 162 valence electrons. The summed E-state index contributed by atoms with van der Waals surface area (Å²) in [5.74, 6) is 1.80. The number of carbonyl (C=O) groups is 1. The van der Waals surface area contributed by atoms with Gasteiger partial charge in [-0.1, -0.05) is 49.9 Å². The Bertz CT molecular complexity index is 747. The number of carbonyl (C=O) groups excluding carboxylic acids is 1.